The Morgan fingerprint density at radius 3 is 3.06 bits per heavy atom. The summed E-state index contributed by atoms with van der Waals surface area (Å²) in [7, 11) is -3.41. The molecule has 0 saturated carbocycles. The highest BCUT2D eigenvalue weighted by molar-refractivity contribution is 7.89. The van der Waals surface area contributed by atoms with Crippen LogP contribution in [0, 0.1) is 0 Å². The normalized spacial score (nSPS) is 22.8. The summed E-state index contributed by atoms with van der Waals surface area (Å²) in [6, 6.07) is 1.63. The van der Waals surface area contributed by atoms with Crippen molar-refractivity contribution in [3.8, 4) is 0 Å². The zero-order valence-corrected chi connectivity index (χ0v) is 11.3. The molecule has 17 heavy (non-hydrogen) atoms. The molecule has 0 amide bonds. The average molecular weight is 276 g/mol. The number of hydrogen-bond acceptors (Lipinski definition) is 5. The minimum atomic E-state index is -3.41. The van der Waals surface area contributed by atoms with E-state index in [9.17, 15) is 8.42 Å². The molecule has 2 N–H and O–H groups in total. The summed E-state index contributed by atoms with van der Waals surface area (Å²) >= 11 is 1.38. The molecular weight excluding hydrogens is 260 g/mol. The highest BCUT2D eigenvalue weighted by Crippen LogP contribution is 2.25. The second kappa shape index (κ2) is 5.03. The van der Waals surface area contributed by atoms with E-state index in [1.807, 2.05) is 6.92 Å². The zero-order chi connectivity index (χ0) is 12.5. The summed E-state index contributed by atoms with van der Waals surface area (Å²) in [6.45, 7) is 3.39. The Labute approximate surface area is 105 Å². The van der Waals surface area contributed by atoms with Crippen LogP contribution in [-0.4, -0.2) is 38.5 Å². The van der Waals surface area contributed by atoms with Crippen molar-refractivity contribution >= 4 is 21.4 Å². The van der Waals surface area contributed by atoms with Crippen LogP contribution in [0.1, 0.15) is 11.8 Å². The fraction of sp³-hybridized carbons (Fsp3) is 0.600. The third kappa shape index (κ3) is 2.53. The van der Waals surface area contributed by atoms with Gasteiger partial charge in [-0.05, 0) is 18.4 Å². The van der Waals surface area contributed by atoms with Gasteiger partial charge in [-0.2, -0.15) is 4.31 Å². The number of nitrogens with two attached hydrogens (primary N) is 1. The van der Waals surface area contributed by atoms with E-state index in [4.69, 9.17) is 10.5 Å². The van der Waals surface area contributed by atoms with E-state index in [0.717, 1.165) is 0 Å². The van der Waals surface area contributed by atoms with Crippen molar-refractivity contribution in [3.05, 3.63) is 16.3 Å². The first-order chi connectivity index (χ1) is 8.05. The molecule has 96 valence electrons. The topological polar surface area (TPSA) is 72.6 Å². The molecule has 1 aliphatic rings. The lowest BCUT2D eigenvalue weighted by Gasteiger charge is -2.30. The van der Waals surface area contributed by atoms with Gasteiger partial charge in [0.05, 0.1) is 17.6 Å². The van der Waals surface area contributed by atoms with Gasteiger partial charge in [-0.3, -0.25) is 0 Å². The van der Waals surface area contributed by atoms with E-state index in [-0.39, 0.29) is 12.6 Å². The predicted octanol–water partition coefficient (Wildman–Crippen LogP) is 0.616. The molecule has 1 aromatic heterocycles. The van der Waals surface area contributed by atoms with Crippen LogP contribution in [0.3, 0.4) is 0 Å². The maximum Gasteiger partial charge on any atom is 0.244 e. The van der Waals surface area contributed by atoms with Crippen LogP contribution < -0.4 is 5.73 Å². The van der Waals surface area contributed by atoms with Gasteiger partial charge in [0.25, 0.3) is 0 Å². The van der Waals surface area contributed by atoms with Crippen LogP contribution in [0.15, 0.2) is 16.3 Å². The van der Waals surface area contributed by atoms with Crippen LogP contribution >= 0.6 is 11.3 Å². The van der Waals surface area contributed by atoms with E-state index in [0.29, 0.717) is 29.5 Å². The van der Waals surface area contributed by atoms with Crippen molar-refractivity contribution in [2.75, 3.05) is 19.7 Å². The van der Waals surface area contributed by atoms with Gasteiger partial charge in [-0.25, -0.2) is 8.42 Å². The van der Waals surface area contributed by atoms with E-state index in [1.165, 1.54) is 15.6 Å². The van der Waals surface area contributed by atoms with Crippen LogP contribution in [0.5, 0.6) is 0 Å². The van der Waals surface area contributed by atoms with E-state index >= 15 is 0 Å². The van der Waals surface area contributed by atoms with Crippen molar-refractivity contribution < 1.29 is 13.2 Å². The summed E-state index contributed by atoms with van der Waals surface area (Å²) in [6.07, 6.45) is -0.0570. The molecule has 2 heterocycles. The molecule has 7 heteroatoms. The van der Waals surface area contributed by atoms with Gasteiger partial charge in [0.15, 0.2) is 0 Å². The van der Waals surface area contributed by atoms with Crippen LogP contribution in [0.25, 0.3) is 0 Å². The molecule has 1 atom stereocenters. The number of hydrogen-bond donors (Lipinski definition) is 1. The highest BCUT2D eigenvalue weighted by atomic mass is 32.2. The molecule has 2 rings (SSSR count). The summed E-state index contributed by atoms with van der Waals surface area (Å²) in [5.74, 6) is 0. The Kier molecular flexibility index (Phi) is 3.84. The first-order valence-electron chi connectivity index (χ1n) is 5.44. The van der Waals surface area contributed by atoms with E-state index < -0.39 is 10.0 Å². The second-order valence-corrected chi connectivity index (χ2v) is 6.86. The molecule has 1 saturated heterocycles. The number of ether oxygens (including phenoxy) is 1. The molecular formula is C10H16N2O3S2. The third-order valence-corrected chi connectivity index (χ3v) is 5.73. The molecule has 0 bridgehead atoms. The second-order valence-electron chi connectivity index (χ2n) is 3.96. The van der Waals surface area contributed by atoms with Crippen LogP contribution in [0.4, 0.5) is 0 Å². The SMILES string of the molecule is CC1CN(S(=O)(=O)c2ccsc2CN)CCO1. The van der Waals surface area contributed by atoms with Crippen molar-refractivity contribution in [1.29, 1.82) is 0 Å². The molecule has 1 unspecified atom stereocenters. The monoisotopic (exact) mass is 276 g/mol. The van der Waals surface area contributed by atoms with E-state index in [1.54, 1.807) is 11.4 Å². The summed E-state index contributed by atoms with van der Waals surface area (Å²) in [5.41, 5.74) is 5.55. The summed E-state index contributed by atoms with van der Waals surface area (Å²) in [4.78, 5) is 1.06. The lowest BCUT2D eigenvalue weighted by atomic mass is 10.3. The quantitative estimate of drug-likeness (QED) is 0.878. The molecule has 5 nitrogen and oxygen atoms in total. The predicted molar refractivity (Wildman–Crippen MR) is 66.4 cm³/mol. The summed E-state index contributed by atoms with van der Waals surface area (Å²) in [5, 5.41) is 1.76. The first kappa shape index (κ1) is 13.0. The fourth-order valence-electron chi connectivity index (χ4n) is 1.85. The average Bonchev–Trinajstić information content (AvgIpc) is 2.77. The van der Waals surface area contributed by atoms with Crippen molar-refractivity contribution in [2.24, 2.45) is 5.73 Å². The van der Waals surface area contributed by atoms with Gasteiger partial charge in [-0.15, -0.1) is 11.3 Å². The summed E-state index contributed by atoms with van der Waals surface area (Å²) < 4.78 is 31.6. The number of thiophene rings is 1. The van der Waals surface area contributed by atoms with Gasteiger partial charge < -0.3 is 10.5 Å². The van der Waals surface area contributed by atoms with Gasteiger partial charge in [0, 0.05) is 24.5 Å². The van der Waals surface area contributed by atoms with Gasteiger partial charge in [0.1, 0.15) is 0 Å². The maximum atomic E-state index is 12.4. The van der Waals surface area contributed by atoms with Gasteiger partial charge in [-0.1, -0.05) is 0 Å². The number of morpholine rings is 1. The smallest absolute Gasteiger partial charge is 0.244 e. The van der Waals surface area contributed by atoms with Crippen molar-refractivity contribution in [1.82, 2.24) is 4.31 Å². The number of rotatable bonds is 3. The minimum Gasteiger partial charge on any atom is -0.376 e. The van der Waals surface area contributed by atoms with Crippen molar-refractivity contribution in [3.63, 3.8) is 0 Å². The number of nitrogens with zero attached hydrogens (tertiary/aromatic N) is 1. The van der Waals surface area contributed by atoms with Gasteiger partial charge in [0.2, 0.25) is 10.0 Å². The zero-order valence-electron chi connectivity index (χ0n) is 9.63. The molecule has 1 aromatic rings. The standard InChI is InChI=1S/C10H16N2O3S2/c1-8-7-12(3-4-15-8)17(13,14)10-2-5-16-9(10)6-11/h2,5,8H,3-4,6-7,11H2,1H3. The van der Waals surface area contributed by atoms with Crippen molar-refractivity contribution in [2.45, 2.75) is 24.5 Å². The fourth-order valence-corrected chi connectivity index (χ4v) is 4.66. The Morgan fingerprint density at radius 2 is 2.41 bits per heavy atom. The Hall–Kier alpha value is -0.470. The van der Waals surface area contributed by atoms with Gasteiger partial charge >= 0.3 is 0 Å². The highest BCUT2D eigenvalue weighted by Gasteiger charge is 2.30. The molecule has 1 aliphatic heterocycles. The lowest BCUT2D eigenvalue weighted by molar-refractivity contribution is 0.0102. The first-order valence-corrected chi connectivity index (χ1v) is 7.76. The third-order valence-electron chi connectivity index (χ3n) is 2.71. The van der Waals surface area contributed by atoms with E-state index in [2.05, 4.69) is 0 Å². The number of sulfonamides is 1. The minimum absolute atomic E-state index is 0.0570. The Bertz CT molecular complexity index is 483. The molecule has 0 aliphatic carbocycles. The largest absolute Gasteiger partial charge is 0.376 e. The molecule has 1 fully saturated rings. The Balaban J connectivity index is 2.30. The molecule has 0 spiro atoms. The lowest BCUT2D eigenvalue weighted by Crippen LogP contribution is -2.44. The van der Waals surface area contributed by atoms with Crippen LogP contribution in [0.2, 0.25) is 0 Å². The molecule has 0 aromatic carbocycles. The van der Waals surface area contributed by atoms with Crippen LogP contribution in [-0.2, 0) is 21.3 Å². The Morgan fingerprint density at radius 1 is 1.65 bits per heavy atom. The molecule has 0 radical (unpaired) electrons. The maximum absolute atomic E-state index is 12.4.